The quantitative estimate of drug-likeness (QED) is 0.393. The number of carbonyl (C=O) groups excluding carboxylic acids is 1. The van der Waals surface area contributed by atoms with Crippen LogP contribution >= 0.6 is 11.6 Å². The number of fused-ring (bicyclic) bond motifs is 1. The summed E-state index contributed by atoms with van der Waals surface area (Å²) < 4.78 is 79.3. The van der Waals surface area contributed by atoms with Crippen LogP contribution in [0.4, 0.5) is 17.6 Å². The van der Waals surface area contributed by atoms with E-state index in [-0.39, 0.29) is 51.8 Å². The van der Waals surface area contributed by atoms with Crippen LogP contribution in [-0.2, 0) is 27.4 Å². The molecular weight excluding hydrogens is 536 g/mol. The number of halogens is 5. The lowest BCUT2D eigenvalue weighted by molar-refractivity contribution is -0.145. The van der Waals surface area contributed by atoms with Crippen LogP contribution in [0.2, 0.25) is 5.02 Å². The van der Waals surface area contributed by atoms with Gasteiger partial charge >= 0.3 is 6.18 Å². The lowest BCUT2D eigenvalue weighted by atomic mass is 9.81. The van der Waals surface area contributed by atoms with Gasteiger partial charge in [-0.2, -0.15) is 17.5 Å². The molecule has 37 heavy (non-hydrogen) atoms. The van der Waals surface area contributed by atoms with Crippen molar-refractivity contribution in [3.05, 3.63) is 71.2 Å². The normalized spacial score (nSPS) is 21.6. The summed E-state index contributed by atoms with van der Waals surface area (Å²) in [4.78, 5) is 24.0. The van der Waals surface area contributed by atoms with Gasteiger partial charge in [-0.05, 0) is 61.1 Å². The van der Waals surface area contributed by atoms with Crippen molar-refractivity contribution in [2.45, 2.75) is 48.8 Å². The van der Waals surface area contributed by atoms with Crippen LogP contribution in [0.1, 0.15) is 30.7 Å². The summed E-state index contributed by atoms with van der Waals surface area (Å²) >= 11 is 6.25. The number of carbonyl (C=O) groups is 1. The van der Waals surface area contributed by atoms with Gasteiger partial charge in [0.1, 0.15) is 5.82 Å². The average Bonchev–Trinajstić information content (AvgIpc) is 3.41. The van der Waals surface area contributed by atoms with Crippen molar-refractivity contribution in [2.75, 3.05) is 0 Å². The number of rotatable bonds is 7. The molecule has 1 atom stereocenters. The van der Waals surface area contributed by atoms with Crippen molar-refractivity contribution in [1.82, 2.24) is 19.3 Å². The average molecular weight is 555 g/mol. The summed E-state index contributed by atoms with van der Waals surface area (Å²) in [6.45, 7) is 0. The molecule has 6 rings (SSSR count). The summed E-state index contributed by atoms with van der Waals surface area (Å²) in [7, 11) is -3.99. The number of aryl methyl sites for hydroxylation is 1. The zero-order chi connectivity index (χ0) is 26.5. The maximum atomic E-state index is 13.3. The van der Waals surface area contributed by atoms with Gasteiger partial charge in [-0.1, -0.05) is 11.6 Å². The molecule has 3 fully saturated rings. The van der Waals surface area contributed by atoms with Crippen LogP contribution < -0.4 is 0 Å². The fourth-order valence-corrected chi connectivity index (χ4v) is 6.93. The highest BCUT2D eigenvalue weighted by Gasteiger charge is 2.58. The largest absolute Gasteiger partial charge is 0.451 e. The molecule has 1 aromatic carbocycles. The second kappa shape index (κ2) is 9.41. The van der Waals surface area contributed by atoms with Crippen LogP contribution in [0.5, 0.6) is 0 Å². The van der Waals surface area contributed by atoms with Crippen molar-refractivity contribution in [3.8, 4) is 11.3 Å². The summed E-state index contributed by atoms with van der Waals surface area (Å²) in [5.41, 5.74) is 1.05. The molecule has 2 aromatic heterocycles. The number of ketones is 1. The molecule has 1 saturated carbocycles. The van der Waals surface area contributed by atoms with E-state index >= 15 is 0 Å². The predicted molar refractivity (Wildman–Crippen MR) is 124 cm³/mol. The molecule has 13 heteroatoms. The summed E-state index contributed by atoms with van der Waals surface area (Å²) in [5, 5.41) is 0.260. The minimum Gasteiger partial charge on any atom is -0.298 e. The van der Waals surface area contributed by atoms with E-state index in [0.29, 0.717) is 18.4 Å². The zero-order valence-corrected chi connectivity index (χ0v) is 20.6. The van der Waals surface area contributed by atoms with Gasteiger partial charge < -0.3 is 0 Å². The molecule has 2 bridgehead atoms. The number of alkyl halides is 3. The van der Waals surface area contributed by atoms with Crippen LogP contribution in [0, 0.1) is 11.7 Å². The van der Waals surface area contributed by atoms with Gasteiger partial charge in [-0.25, -0.2) is 22.8 Å². The van der Waals surface area contributed by atoms with Crippen LogP contribution in [-0.4, -0.2) is 45.5 Å². The van der Waals surface area contributed by atoms with Gasteiger partial charge in [0.15, 0.2) is 5.78 Å². The molecule has 0 radical (unpaired) electrons. The second-order valence-corrected chi connectivity index (χ2v) is 11.3. The lowest BCUT2D eigenvalue weighted by Crippen LogP contribution is -2.41. The summed E-state index contributed by atoms with van der Waals surface area (Å²) in [5.74, 6) is -2.18. The minimum absolute atomic E-state index is 0.00396. The Kier molecular flexibility index (Phi) is 6.53. The fraction of sp³-hybridized carbons (Fsp3) is 0.333. The van der Waals surface area contributed by atoms with Gasteiger partial charge in [-0.3, -0.25) is 9.78 Å². The van der Waals surface area contributed by atoms with E-state index in [2.05, 4.69) is 15.0 Å². The molecule has 0 N–H and O–H groups in total. The van der Waals surface area contributed by atoms with E-state index in [0.717, 1.165) is 24.5 Å². The van der Waals surface area contributed by atoms with Crippen molar-refractivity contribution in [1.29, 1.82) is 0 Å². The highest BCUT2D eigenvalue weighted by molar-refractivity contribution is 7.89. The first-order valence-electron chi connectivity index (χ1n) is 11.3. The molecule has 4 heterocycles. The Labute approximate surface area is 214 Å². The molecule has 7 nitrogen and oxygen atoms in total. The molecular formula is C24H19ClF4N4O3S. The van der Waals surface area contributed by atoms with Gasteiger partial charge in [-0.15, -0.1) is 0 Å². The van der Waals surface area contributed by atoms with Crippen molar-refractivity contribution in [2.24, 2.45) is 5.92 Å². The maximum absolute atomic E-state index is 13.3. The predicted octanol–water partition coefficient (Wildman–Crippen LogP) is 4.70. The highest BCUT2D eigenvalue weighted by atomic mass is 35.5. The monoisotopic (exact) mass is 554 g/mol. The van der Waals surface area contributed by atoms with E-state index in [1.165, 1.54) is 22.6 Å². The Morgan fingerprint density at radius 1 is 1.05 bits per heavy atom. The number of hydrogen-bond donors (Lipinski definition) is 0. The molecule has 0 unspecified atom stereocenters. The van der Waals surface area contributed by atoms with Crippen LogP contribution in [0.25, 0.3) is 11.3 Å². The Bertz CT molecular complexity index is 1440. The molecule has 2 aliphatic heterocycles. The third-order valence-corrected chi connectivity index (χ3v) is 9.01. The number of benzene rings is 1. The Morgan fingerprint density at radius 3 is 2.32 bits per heavy atom. The smallest absolute Gasteiger partial charge is 0.298 e. The number of nitrogens with zero attached hydrogens (tertiary/aromatic N) is 4. The molecule has 3 aromatic rings. The second-order valence-electron chi connectivity index (χ2n) is 9.04. The SMILES string of the molecule is O=C(CCc1cc(-c2cnc(C(F)(F)F)nc2)ncc1Cl)[C@@H]1C2CC(C2)N1S(=O)(=O)c1ccc(F)cc1. The number of hydrogen-bond acceptors (Lipinski definition) is 6. The van der Waals surface area contributed by atoms with E-state index in [1.54, 1.807) is 6.07 Å². The third kappa shape index (κ3) is 4.85. The molecule has 3 aliphatic rings. The zero-order valence-electron chi connectivity index (χ0n) is 19.0. The molecule has 0 amide bonds. The van der Waals surface area contributed by atoms with Gasteiger partial charge in [0.2, 0.25) is 15.8 Å². The van der Waals surface area contributed by atoms with E-state index in [1.807, 2.05) is 0 Å². The Balaban J connectivity index is 1.32. The summed E-state index contributed by atoms with van der Waals surface area (Å²) in [6, 6.07) is 4.96. The number of sulfonamides is 1. The number of Topliss-reactive ketones (excluding diaryl/α,β-unsaturated/α-hetero) is 1. The first kappa shape index (κ1) is 25.7. The van der Waals surface area contributed by atoms with Crippen molar-refractivity contribution < 1.29 is 30.8 Å². The van der Waals surface area contributed by atoms with E-state index < -0.39 is 33.9 Å². The van der Waals surface area contributed by atoms with E-state index in [4.69, 9.17) is 11.6 Å². The van der Waals surface area contributed by atoms with Crippen LogP contribution in [0.15, 0.2) is 53.8 Å². The van der Waals surface area contributed by atoms with Crippen molar-refractivity contribution >= 4 is 27.4 Å². The molecule has 0 spiro atoms. The standard InChI is InChI=1S/C24H19ClF4N4O3S/c25-19-12-30-20(15-10-31-23(32-11-15)24(27,28)29)9-13(19)1-6-21(34)22-14-7-17(8-14)33(22)37(35,36)18-4-2-16(26)3-5-18/h2-5,9-12,14,17,22H,1,6-8H2/t14?,17?,22-/m0/s1. The Morgan fingerprint density at radius 2 is 1.70 bits per heavy atom. The number of aromatic nitrogens is 3. The molecule has 194 valence electrons. The number of pyridine rings is 1. The van der Waals surface area contributed by atoms with Gasteiger partial charge in [0, 0.05) is 36.6 Å². The minimum atomic E-state index is -4.67. The van der Waals surface area contributed by atoms with Gasteiger partial charge in [0.05, 0.1) is 21.7 Å². The fourth-order valence-electron chi connectivity index (χ4n) is 4.85. The first-order valence-corrected chi connectivity index (χ1v) is 13.1. The highest BCUT2D eigenvalue weighted by Crippen LogP contribution is 2.49. The molecule has 2 saturated heterocycles. The molecule has 1 aliphatic carbocycles. The Hall–Kier alpha value is -2.96. The lowest BCUT2D eigenvalue weighted by Gasteiger charge is -2.25. The first-order chi connectivity index (χ1) is 17.4. The topological polar surface area (TPSA) is 93.1 Å². The third-order valence-electron chi connectivity index (χ3n) is 6.73. The maximum Gasteiger partial charge on any atom is 0.451 e. The van der Waals surface area contributed by atoms with E-state index in [9.17, 15) is 30.8 Å². The van der Waals surface area contributed by atoms with Gasteiger partial charge in [0.25, 0.3) is 0 Å². The van der Waals surface area contributed by atoms with Crippen LogP contribution in [0.3, 0.4) is 0 Å². The summed E-state index contributed by atoms with van der Waals surface area (Å²) in [6.07, 6.45) is 0.0111. The van der Waals surface area contributed by atoms with Crippen molar-refractivity contribution in [3.63, 3.8) is 0 Å².